The number of hydrogen-bond donors (Lipinski definition) is 1. The first-order chi connectivity index (χ1) is 13.1. The molecule has 0 amide bonds. The van der Waals surface area contributed by atoms with Crippen LogP contribution >= 0.6 is 0 Å². The van der Waals surface area contributed by atoms with E-state index in [4.69, 9.17) is 9.47 Å². The maximum Gasteiger partial charge on any atom is 0.275 e. The molecule has 3 aromatic rings. The van der Waals surface area contributed by atoms with Crippen LogP contribution in [0.2, 0.25) is 0 Å². The van der Waals surface area contributed by atoms with Crippen LogP contribution in [-0.2, 0) is 36.3 Å². The number of H-pyrrole nitrogens is 1. The Morgan fingerprint density at radius 1 is 1.07 bits per heavy atom. The fourth-order valence-electron chi connectivity index (χ4n) is 3.13. The highest BCUT2D eigenvalue weighted by molar-refractivity contribution is 5.80. The third kappa shape index (κ3) is 4.37. The first-order valence-electron chi connectivity index (χ1n) is 9.12. The Morgan fingerprint density at radius 3 is 2.59 bits per heavy atom. The van der Waals surface area contributed by atoms with E-state index < -0.39 is 0 Å². The predicted octanol–water partition coefficient (Wildman–Crippen LogP) is 2.17. The molecule has 0 atom stereocenters. The highest BCUT2D eigenvalue weighted by atomic mass is 16.5. The van der Waals surface area contributed by atoms with Gasteiger partial charge in [0.05, 0.1) is 29.8 Å². The Hall–Kier alpha value is -2.64. The number of aromatic nitrogens is 3. The molecule has 0 aliphatic rings. The van der Waals surface area contributed by atoms with E-state index in [0.717, 1.165) is 5.56 Å². The zero-order chi connectivity index (χ0) is 19.2. The molecule has 2 aromatic heterocycles. The van der Waals surface area contributed by atoms with Crippen LogP contribution in [0.4, 0.5) is 0 Å². The zero-order valence-electron chi connectivity index (χ0n) is 15.7. The van der Waals surface area contributed by atoms with Crippen LogP contribution in [0.1, 0.15) is 24.6 Å². The number of fused-ring (bicyclic) bond motifs is 1. The molecule has 0 unspecified atom stereocenters. The van der Waals surface area contributed by atoms with E-state index in [2.05, 4.69) is 5.10 Å². The van der Waals surface area contributed by atoms with Crippen molar-refractivity contribution in [1.82, 2.24) is 14.3 Å². The average molecular weight is 371 g/mol. The van der Waals surface area contributed by atoms with Crippen molar-refractivity contribution < 1.29 is 9.47 Å². The molecule has 27 heavy (non-hydrogen) atoms. The molecule has 0 bridgehead atoms. The lowest BCUT2D eigenvalue weighted by atomic mass is 10.2. The molecule has 0 saturated heterocycles. The van der Waals surface area contributed by atoms with Gasteiger partial charge in [-0.05, 0) is 18.9 Å². The summed E-state index contributed by atoms with van der Waals surface area (Å²) in [6.07, 6.45) is 0.690. The molecule has 0 saturated carbocycles. The monoisotopic (exact) mass is 371 g/mol. The van der Waals surface area contributed by atoms with Crippen molar-refractivity contribution in [2.45, 2.75) is 33.1 Å². The normalized spacial score (nSPS) is 11.3. The quantitative estimate of drug-likeness (QED) is 0.585. The number of nitrogens with zero attached hydrogens (tertiary/aromatic N) is 2. The van der Waals surface area contributed by atoms with Gasteiger partial charge in [0.2, 0.25) is 0 Å². The fraction of sp³-hybridized carbons (Fsp3) is 0.400. The third-order valence-corrected chi connectivity index (χ3v) is 4.45. The van der Waals surface area contributed by atoms with Gasteiger partial charge in [0.15, 0.2) is 0 Å². The minimum atomic E-state index is -0.165. The van der Waals surface area contributed by atoms with Crippen molar-refractivity contribution in [3.63, 3.8) is 0 Å². The van der Waals surface area contributed by atoms with Gasteiger partial charge < -0.3 is 14.0 Å². The Kier molecular flexibility index (Phi) is 6.26. The highest BCUT2D eigenvalue weighted by Gasteiger charge is 2.16. The van der Waals surface area contributed by atoms with Crippen LogP contribution in [0.5, 0.6) is 0 Å². The number of nitrogens with one attached hydrogen (secondary N) is 1. The van der Waals surface area contributed by atoms with Gasteiger partial charge in [0, 0.05) is 32.9 Å². The second-order valence-corrected chi connectivity index (χ2v) is 6.37. The summed E-state index contributed by atoms with van der Waals surface area (Å²) in [5.41, 5.74) is 1.86. The molecule has 1 N–H and O–H groups in total. The van der Waals surface area contributed by atoms with Crippen LogP contribution in [-0.4, -0.2) is 27.6 Å². The van der Waals surface area contributed by atoms with Gasteiger partial charge in [-0.25, -0.2) is 0 Å². The summed E-state index contributed by atoms with van der Waals surface area (Å²) in [7, 11) is 1.64. The number of hydrogen-bond acceptors (Lipinski definition) is 4. The standard InChI is InChI=1S/C20H25N3O4/c1-3-26-11-7-10-23-17(14-27-13-15-8-5-4-6-9-15)19-16(12-18(23)24)21-22(2)20(19)25/h4-6,8-9,12,21H,3,7,10-11,13-14H2,1-2H3. The van der Waals surface area contributed by atoms with Gasteiger partial charge in [0.25, 0.3) is 11.1 Å². The SMILES string of the molecule is CCOCCCn1c(COCc2ccccc2)c2c(=O)n(C)[nH]c2cc1=O. The first-order valence-corrected chi connectivity index (χ1v) is 9.12. The summed E-state index contributed by atoms with van der Waals surface area (Å²) < 4.78 is 14.2. The molecular formula is C20H25N3O4. The van der Waals surface area contributed by atoms with Crippen LogP contribution in [0.25, 0.3) is 10.9 Å². The van der Waals surface area contributed by atoms with E-state index >= 15 is 0 Å². The Labute approximate surface area is 157 Å². The van der Waals surface area contributed by atoms with Crippen molar-refractivity contribution in [3.8, 4) is 0 Å². The van der Waals surface area contributed by atoms with Crippen LogP contribution in [0.3, 0.4) is 0 Å². The van der Waals surface area contributed by atoms with E-state index in [1.54, 1.807) is 11.6 Å². The summed E-state index contributed by atoms with van der Waals surface area (Å²) in [4.78, 5) is 25.2. The molecule has 144 valence electrons. The largest absolute Gasteiger partial charge is 0.382 e. The zero-order valence-corrected chi connectivity index (χ0v) is 15.7. The molecule has 0 aliphatic heterocycles. The maximum atomic E-state index is 12.6. The summed E-state index contributed by atoms with van der Waals surface area (Å²) >= 11 is 0. The topological polar surface area (TPSA) is 78.2 Å². The summed E-state index contributed by atoms with van der Waals surface area (Å²) in [5, 5.41) is 3.43. The van der Waals surface area contributed by atoms with Crippen molar-refractivity contribution >= 4 is 10.9 Å². The molecule has 0 fully saturated rings. The minimum Gasteiger partial charge on any atom is -0.382 e. The third-order valence-electron chi connectivity index (χ3n) is 4.45. The number of aryl methyl sites for hydroxylation is 1. The van der Waals surface area contributed by atoms with Crippen molar-refractivity contribution in [2.75, 3.05) is 13.2 Å². The Bertz CT molecular complexity index is 1000. The number of pyridine rings is 1. The molecule has 1 aromatic carbocycles. The summed E-state index contributed by atoms with van der Waals surface area (Å²) in [6.45, 7) is 4.21. The molecule has 2 heterocycles. The molecule has 0 spiro atoms. The van der Waals surface area contributed by atoms with E-state index in [-0.39, 0.29) is 17.7 Å². The Balaban J connectivity index is 1.90. The van der Waals surface area contributed by atoms with Crippen LogP contribution in [0.15, 0.2) is 46.0 Å². The first kappa shape index (κ1) is 19.1. The number of ether oxygens (including phenoxy) is 2. The molecule has 0 radical (unpaired) electrons. The van der Waals surface area contributed by atoms with Gasteiger partial charge in [0.1, 0.15) is 0 Å². The lowest BCUT2D eigenvalue weighted by molar-refractivity contribution is 0.101. The van der Waals surface area contributed by atoms with Crippen molar-refractivity contribution in [2.24, 2.45) is 7.05 Å². The lowest BCUT2D eigenvalue weighted by Crippen LogP contribution is -2.26. The maximum absolute atomic E-state index is 12.6. The van der Waals surface area contributed by atoms with E-state index in [1.807, 2.05) is 37.3 Å². The lowest BCUT2D eigenvalue weighted by Gasteiger charge is -2.14. The molecule has 0 aliphatic carbocycles. The van der Waals surface area contributed by atoms with E-state index in [9.17, 15) is 9.59 Å². The van der Waals surface area contributed by atoms with Crippen molar-refractivity contribution in [3.05, 3.63) is 68.4 Å². The van der Waals surface area contributed by atoms with Crippen molar-refractivity contribution in [1.29, 1.82) is 0 Å². The van der Waals surface area contributed by atoms with Gasteiger partial charge in [-0.3, -0.25) is 19.4 Å². The molecule has 7 nitrogen and oxygen atoms in total. The molecular weight excluding hydrogens is 346 g/mol. The number of benzene rings is 1. The van der Waals surface area contributed by atoms with Gasteiger partial charge >= 0.3 is 0 Å². The number of aromatic amines is 1. The van der Waals surface area contributed by atoms with E-state index in [1.165, 1.54) is 10.7 Å². The van der Waals surface area contributed by atoms with Gasteiger partial charge in [-0.1, -0.05) is 30.3 Å². The number of rotatable bonds is 9. The summed E-state index contributed by atoms with van der Waals surface area (Å²) in [6, 6.07) is 11.3. The Morgan fingerprint density at radius 2 is 1.85 bits per heavy atom. The highest BCUT2D eigenvalue weighted by Crippen LogP contribution is 2.14. The van der Waals surface area contributed by atoms with Crippen LogP contribution in [0, 0.1) is 0 Å². The molecule has 7 heteroatoms. The second kappa shape index (κ2) is 8.83. The second-order valence-electron chi connectivity index (χ2n) is 6.37. The minimum absolute atomic E-state index is 0.154. The van der Waals surface area contributed by atoms with Gasteiger partial charge in [-0.2, -0.15) is 0 Å². The van der Waals surface area contributed by atoms with Gasteiger partial charge in [-0.15, -0.1) is 0 Å². The van der Waals surface area contributed by atoms with E-state index in [0.29, 0.717) is 49.4 Å². The fourth-order valence-corrected chi connectivity index (χ4v) is 3.13. The summed E-state index contributed by atoms with van der Waals surface area (Å²) in [5.74, 6) is 0. The molecule has 3 rings (SSSR count). The predicted molar refractivity (Wildman–Crippen MR) is 104 cm³/mol. The smallest absolute Gasteiger partial charge is 0.275 e. The van der Waals surface area contributed by atoms with Crippen LogP contribution < -0.4 is 11.1 Å². The average Bonchev–Trinajstić information content (AvgIpc) is 2.94.